The third kappa shape index (κ3) is 2.21. The third-order valence-electron chi connectivity index (χ3n) is 3.17. The maximum Gasteiger partial charge on any atom is 0.125 e. The number of hydrogen-bond acceptors (Lipinski definition) is 3. The molecule has 1 aromatic carbocycles. The van der Waals surface area contributed by atoms with E-state index < -0.39 is 0 Å². The van der Waals surface area contributed by atoms with Crippen molar-refractivity contribution in [3.63, 3.8) is 0 Å². The van der Waals surface area contributed by atoms with Crippen LogP contribution in [0.3, 0.4) is 0 Å². The molecule has 0 aliphatic heterocycles. The fourth-order valence-electron chi connectivity index (χ4n) is 2.06. The van der Waals surface area contributed by atoms with Gasteiger partial charge in [-0.3, -0.25) is 4.68 Å². The zero-order chi connectivity index (χ0) is 13.4. The van der Waals surface area contributed by atoms with Crippen LogP contribution >= 0.6 is 0 Å². The second-order valence-corrected chi connectivity index (χ2v) is 4.99. The van der Waals surface area contributed by atoms with Gasteiger partial charge in [0, 0.05) is 29.4 Å². The summed E-state index contributed by atoms with van der Waals surface area (Å²) in [4.78, 5) is 8.67. The lowest BCUT2D eigenvalue weighted by Gasteiger charge is -2.04. The molecular weight excluding hydrogens is 236 g/mol. The van der Waals surface area contributed by atoms with Crippen LogP contribution in [0.4, 0.5) is 0 Å². The molecule has 0 bridgehead atoms. The van der Waals surface area contributed by atoms with Gasteiger partial charge in [-0.25, -0.2) is 9.97 Å². The highest BCUT2D eigenvalue weighted by molar-refractivity contribution is 5.83. The molecule has 96 valence electrons. The monoisotopic (exact) mass is 252 g/mol. The van der Waals surface area contributed by atoms with Crippen molar-refractivity contribution in [2.24, 2.45) is 0 Å². The van der Waals surface area contributed by atoms with Crippen molar-refractivity contribution in [3.05, 3.63) is 42.6 Å². The molecule has 2 aromatic heterocycles. The number of nitrogens with zero attached hydrogens (tertiary/aromatic N) is 4. The van der Waals surface area contributed by atoms with E-state index in [-0.39, 0.29) is 0 Å². The minimum Gasteiger partial charge on any atom is -0.270 e. The Labute approximate surface area is 112 Å². The van der Waals surface area contributed by atoms with E-state index in [9.17, 15) is 0 Å². The van der Waals surface area contributed by atoms with Gasteiger partial charge in [0.15, 0.2) is 0 Å². The molecule has 0 N–H and O–H groups in total. The third-order valence-corrected chi connectivity index (χ3v) is 3.17. The predicted octanol–water partition coefficient (Wildman–Crippen LogP) is 3.38. The molecule has 0 aliphatic carbocycles. The molecule has 0 fully saturated rings. The van der Waals surface area contributed by atoms with E-state index >= 15 is 0 Å². The van der Waals surface area contributed by atoms with Crippen LogP contribution in [0.2, 0.25) is 0 Å². The van der Waals surface area contributed by atoms with Crippen molar-refractivity contribution >= 4 is 10.9 Å². The van der Waals surface area contributed by atoms with Crippen molar-refractivity contribution in [2.75, 3.05) is 0 Å². The second-order valence-electron chi connectivity index (χ2n) is 4.99. The summed E-state index contributed by atoms with van der Waals surface area (Å²) in [6.45, 7) is 6.14. The number of rotatable bonds is 2. The molecule has 2 heterocycles. The summed E-state index contributed by atoms with van der Waals surface area (Å²) in [5.74, 6) is 0.794. The Kier molecular flexibility index (Phi) is 2.78. The van der Waals surface area contributed by atoms with E-state index in [1.165, 1.54) is 0 Å². The summed E-state index contributed by atoms with van der Waals surface area (Å²) in [6, 6.07) is 6.60. The maximum absolute atomic E-state index is 4.47. The highest BCUT2D eigenvalue weighted by atomic mass is 15.3. The zero-order valence-electron chi connectivity index (χ0n) is 11.3. The standard InChI is InChI=1S/C15H16N4/c1-10(2)19-9-14(8-17-19)12-4-5-13-7-16-11(3)18-15(13)6-12/h4-10H,1-3H3. The lowest BCUT2D eigenvalue weighted by molar-refractivity contribution is 0.532. The van der Waals surface area contributed by atoms with Gasteiger partial charge in [0.2, 0.25) is 0 Å². The largest absolute Gasteiger partial charge is 0.270 e. The molecule has 0 spiro atoms. The SMILES string of the molecule is Cc1ncc2ccc(-c3cnn(C(C)C)c3)cc2n1. The van der Waals surface area contributed by atoms with Gasteiger partial charge in [0.1, 0.15) is 5.82 Å². The molecule has 3 aromatic rings. The summed E-state index contributed by atoms with van der Waals surface area (Å²) >= 11 is 0. The van der Waals surface area contributed by atoms with Crippen LogP contribution in [-0.2, 0) is 0 Å². The molecule has 0 radical (unpaired) electrons. The van der Waals surface area contributed by atoms with E-state index in [0.717, 1.165) is 27.9 Å². The van der Waals surface area contributed by atoms with Gasteiger partial charge in [0.25, 0.3) is 0 Å². The van der Waals surface area contributed by atoms with Gasteiger partial charge in [-0.15, -0.1) is 0 Å². The van der Waals surface area contributed by atoms with Crippen LogP contribution < -0.4 is 0 Å². The van der Waals surface area contributed by atoms with Crippen molar-refractivity contribution in [1.82, 2.24) is 19.7 Å². The summed E-state index contributed by atoms with van der Waals surface area (Å²) in [5, 5.41) is 5.43. The van der Waals surface area contributed by atoms with E-state index in [2.05, 4.69) is 53.3 Å². The highest BCUT2D eigenvalue weighted by Gasteiger charge is 2.05. The Hall–Kier alpha value is -2.23. The summed E-state index contributed by atoms with van der Waals surface area (Å²) in [5.41, 5.74) is 3.23. The van der Waals surface area contributed by atoms with Gasteiger partial charge in [0.05, 0.1) is 11.7 Å². The summed E-state index contributed by atoms with van der Waals surface area (Å²) in [7, 11) is 0. The minimum absolute atomic E-state index is 0.374. The summed E-state index contributed by atoms with van der Waals surface area (Å²) in [6.07, 6.45) is 5.83. The number of fused-ring (bicyclic) bond motifs is 1. The first-order valence-electron chi connectivity index (χ1n) is 6.41. The topological polar surface area (TPSA) is 43.6 Å². The van der Waals surface area contributed by atoms with Gasteiger partial charge < -0.3 is 0 Å². The molecule has 0 atom stereocenters. The number of hydrogen-bond donors (Lipinski definition) is 0. The number of aryl methyl sites for hydroxylation is 1. The zero-order valence-corrected chi connectivity index (χ0v) is 11.3. The Balaban J connectivity index is 2.08. The van der Waals surface area contributed by atoms with Crippen molar-refractivity contribution in [1.29, 1.82) is 0 Å². The Morgan fingerprint density at radius 3 is 2.68 bits per heavy atom. The second kappa shape index (κ2) is 4.46. The quantitative estimate of drug-likeness (QED) is 0.702. The first-order valence-corrected chi connectivity index (χ1v) is 6.41. The van der Waals surface area contributed by atoms with E-state index in [0.29, 0.717) is 6.04 Å². The Morgan fingerprint density at radius 2 is 1.95 bits per heavy atom. The lowest BCUT2D eigenvalue weighted by Crippen LogP contribution is -1.99. The first-order chi connectivity index (χ1) is 9.13. The molecule has 0 amide bonds. The fraction of sp³-hybridized carbons (Fsp3) is 0.267. The van der Waals surface area contributed by atoms with Crippen molar-refractivity contribution in [2.45, 2.75) is 26.8 Å². The number of aromatic nitrogens is 4. The Morgan fingerprint density at radius 1 is 1.11 bits per heavy atom. The average Bonchev–Trinajstić information content (AvgIpc) is 2.87. The molecule has 0 saturated heterocycles. The van der Waals surface area contributed by atoms with Gasteiger partial charge in [-0.1, -0.05) is 12.1 Å². The van der Waals surface area contributed by atoms with E-state index in [1.807, 2.05) is 24.0 Å². The normalized spacial score (nSPS) is 11.4. The molecule has 0 saturated carbocycles. The minimum atomic E-state index is 0.374. The predicted molar refractivity (Wildman–Crippen MR) is 75.9 cm³/mol. The van der Waals surface area contributed by atoms with Gasteiger partial charge >= 0.3 is 0 Å². The van der Waals surface area contributed by atoms with Gasteiger partial charge in [-0.2, -0.15) is 5.10 Å². The van der Waals surface area contributed by atoms with Crippen LogP contribution in [-0.4, -0.2) is 19.7 Å². The Bertz CT molecular complexity index is 728. The smallest absolute Gasteiger partial charge is 0.125 e. The molecule has 0 unspecified atom stereocenters. The first kappa shape index (κ1) is 11.8. The molecule has 4 heteroatoms. The van der Waals surface area contributed by atoms with Crippen molar-refractivity contribution in [3.8, 4) is 11.1 Å². The van der Waals surface area contributed by atoms with Crippen LogP contribution in [0.25, 0.3) is 22.0 Å². The molecule has 0 aliphatic rings. The average molecular weight is 252 g/mol. The fourth-order valence-corrected chi connectivity index (χ4v) is 2.06. The lowest BCUT2D eigenvalue weighted by atomic mass is 10.1. The highest BCUT2D eigenvalue weighted by Crippen LogP contribution is 2.23. The van der Waals surface area contributed by atoms with Crippen LogP contribution in [0, 0.1) is 6.92 Å². The van der Waals surface area contributed by atoms with Crippen molar-refractivity contribution < 1.29 is 0 Å². The van der Waals surface area contributed by atoms with Gasteiger partial charge in [-0.05, 0) is 32.4 Å². The molecular formula is C15H16N4. The maximum atomic E-state index is 4.47. The molecule has 4 nitrogen and oxygen atoms in total. The van der Waals surface area contributed by atoms with Crippen LogP contribution in [0.1, 0.15) is 25.7 Å². The van der Waals surface area contributed by atoms with E-state index in [4.69, 9.17) is 0 Å². The molecule has 3 rings (SSSR count). The van der Waals surface area contributed by atoms with Crippen LogP contribution in [0.5, 0.6) is 0 Å². The van der Waals surface area contributed by atoms with Crippen LogP contribution in [0.15, 0.2) is 36.8 Å². The summed E-state index contributed by atoms with van der Waals surface area (Å²) < 4.78 is 1.96. The number of benzene rings is 1. The van der Waals surface area contributed by atoms with E-state index in [1.54, 1.807) is 0 Å². The molecule has 19 heavy (non-hydrogen) atoms.